The Balaban J connectivity index is 2.17. The first-order valence-corrected chi connectivity index (χ1v) is 8.64. The maximum absolute atomic E-state index is 12.5. The lowest BCUT2D eigenvalue weighted by Gasteiger charge is -2.19. The second-order valence-corrected chi connectivity index (χ2v) is 6.74. The number of amides is 1. The third-order valence-electron chi connectivity index (χ3n) is 3.54. The van der Waals surface area contributed by atoms with Gasteiger partial charge in [0.05, 0.1) is 20.8 Å². The smallest absolute Gasteiger partial charge is 0.265 e. The summed E-state index contributed by atoms with van der Waals surface area (Å²) in [5.41, 5.74) is 2.44. The van der Waals surface area contributed by atoms with Crippen molar-refractivity contribution in [3.63, 3.8) is 0 Å². The highest BCUT2D eigenvalue weighted by atomic mass is 35.5. The third-order valence-corrected chi connectivity index (χ3v) is 4.58. The Kier molecular flexibility index (Phi) is 6.39. The van der Waals surface area contributed by atoms with Gasteiger partial charge in [-0.25, -0.2) is 0 Å². The highest BCUT2D eigenvalue weighted by Crippen LogP contribution is 2.32. The normalized spacial score (nSPS) is 11.9. The molecule has 0 aliphatic heterocycles. The Hall–Kier alpha value is -1.42. The minimum atomic E-state index is -0.643. The molecule has 1 unspecified atom stereocenters. The Morgan fingerprint density at radius 2 is 1.75 bits per heavy atom. The number of nitrogens with one attached hydrogen (secondary N) is 1. The summed E-state index contributed by atoms with van der Waals surface area (Å²) >= 11 is 18.0. The van der Waals surface area contributed by atoms with E-state index in [0.29, 0.717) is 32.9 Å². The summed E-state index contributed by atoms with van der Waals surface area (Å²) in [4.78, 5) is 12.5. The molecule has 24 heavy (non-hydrogen) atoms. The maximum atomic E-state index is 12.5. The molecule has 2 aromatic rings. The maximum Gasteiger partial charge on any atom is 0.265 e. The minimum Gasteiger partial charge on any atom is -0.480 e. The van der Waals surface area contributed by atoms with Crippen molar-refractivity contribution in [3.8, 4) is 5.75 Å². The van der Waals surface area contributed by atoms with Crippen molar-refractivity contribution in [2.45, 2.75) is 33.3 Å². The zero-order valence-corrected chi connectivity index (χ0v) is 15.9. The molecule has 0 fully saturated rings. The fourth-order valence-corrected chi connectivity index (χ4v) is 2.74. The molecule has 0 aliphatic carbocycles. The Morgan fingerprint density at radius 1 is 1.08 bits per heavy atom. The number of benzene rings is 2. The molecular weight excluding hydrogens is 369 g/mol. The standard InChI is InChI=1S/C18H18Cl3NO2/c1-4-16(24-17-7-10(2)5-6-11(17)3)18(23)22-15-9-13(20)12(19)8-14(15)21/h5-9,16H,4H2,1-3H3,(H,22,23). The second-order valence-electron chi connectivity index (χ2n) is 5.52. The van der Waals surface area contributed by atoms with Gasteiger partial charge in [0.25, 0.3) is 5.91 Å². The first kappa shape index (κ1) is 18.9. The molecule has 2 aromatic carbocycles. The zero-order valence-electron chi connectivity index (χ0n) is 13.6. The topological polar surface area (TPSA) is 38.3 Å². The van der Waals surface area contributed by atoms with Crippen LogP contribution in [0.1, 0.15) is 24.5 Å². The van der Waals surface area contributed by atoms with Crippen LogP contribution in [0.5, 0.6) is 5.75 Å². The van der Waals surface area contributed by atoms with Crippen LogP contribution in [0.15, 0.2) is 30.3 Å². The van der Waals surface area contributed by atoms with Crippen molar-refractivity contribution >= 4 is 46.4 Å². The highest BCUT2D eigenvalue weighted by molar-refractivity contribution is 6.44. The molecule has 1 N–H and O–H groups in total. The van der Waals surface area contributed by atoms with E-state index in [9.17, 15) is 4.79 Å². The Bertz CT molecular complexity index is 762. The van der Waals surface area contributed by atoms with Crippen molar-refractivity contribution in [2.24, 2.45) is 0 Å². The first-order chi connectivity index (χ1) is 11.3. The average molecular weight is 387 g/mol. The number of carbonyl (C=O) groups is 1. The zero-order chi connectivity index (χ0) is 17.9. The number of rotatable bonds is 5. The van der Waals surface area contributed by atoms with Crippen LogP contribution < -0.4 is 10.1 Å². The van der Waals surface area contributed by atoms with Crippen molar-refractivity contribution in [2.75, 3.05) is 5.32 Å². The van der Waals surface area contributed by atoms with E-state index >= 15 is 0 Å². The Labute approximate surface area is 156 Å². The van der Waals surface area contributed by atoms with E-state index in [0.717, 1.165) is 11.1 Å². The number of ether oxygens (including phenoxy) is 1. The largest absolute Gasteiger partial charge is 0.480 e. The summed E-state index contributed by atoms with van der Waals surface area (Å²) in [7, 11) is 0. The van der Waals surface area contributed by atoms with Crippen molar-refractivity contribution < 1.29 is 9.53 Å². The molecule has 1 amide bonds. The van der Waals surface area contributed by atoms with Gasteiger partial charge in [0.1, 0.15) is 5.75 Å². The molecule has 2 rings (SSSR count). The van der Waals surface area contributed by atoms with Crippen LogP contribution in [0.3, 0.4) is 0 Å². The number of hydrogen-bond acceptors (Lipinski definition) is 2. The van der Waals surface area contributed by atoms with E-state index in [2.05, 4.69) is 5.32 Å². The third kappa shape index (κ3) is 4.56. The van der Waals surface area contributed by atoms with Crippen molar-refractivity contribution in [1.29, 1.82) is 0 Å². The van der Waals surface area contributed by atoms with Crippen LogP contribution in [0, 0.1) is 13.8 Å². The minimum absolute atomic E-state index is 0.293. The van der Waals surface area contributed by atoms with E-state index in [1.54, 1.807) is 0 Å². The molecule has 0 aromatic heterocycles. The van der Waals surface area contributed by atoms with Gasteiger partial charge in [-0.15, -0.1) is 0 Å². The summed E-state index contributed by atoms with van der Waals surface area (Å²) in [5.74, 6) is 0.399. The van der Waals surface area contributed by atoms with Gasteiger partial charge in [-0.05, 0) is 49.6 Å². The molecule has 3 nitrogen and oxygen atoms in total. The van der Waals surface area contributed by atoms with Gasteiger partial charge in [-0.2, -0.15) is 0 Å². The molecular formula is C18H18Cl3NO2. The van der Waals surface area contributed by atoms with Crippen LogP contribution in [0.2, 0.25) is 15.1 Å². The van der Waals surface area contributed by atoms with E-state index in [1.807, 2.05) is 39.0 Å². The Morgan fingerprint density at radius 3 is 2.42 bits per heavy atom. The van der Waals surface area contributed by atoms with Gasteiger partial charge in [-0.1, -0.05) is 53.9 Å². The first-order valence-electron chi connectivity index (χ1n) is 7.51. The molecule has 0 heterocycles. The molecule has 0 aliphatic rings. The van der Waals surface area contributed by atoms with Gasteiger partial charge in [0.2, 0.25) is 0 Å². The lowest BCUT2D eigenvalue weighted by atomic mass is 10.1. The fourth-order valence-electron chi connectivity index (χ4n) is 2.14. The molecule has 0 saturated carbocycles. The molecule has 0 radical (unpaired) electrons. The monoisotopic (exact) mass is 385 g/mol. The quantitative estimate of drug-likeness (QED) is 0.634. The SMILES string of the molecule is CCC(Oc1cc(C)ccc1C)C(=O)Nc1cc(Cl)c(Cl)cc1Cl. The van der Waals surface area contributed by atoms with Gasteiger partial charge in [0, 0.05) is 0 Å². The van der Waals surface area contributed by atoms with Crippen LogP contribution in [0.4, 0.5) is 5.69 Å². The van der Waals surface area contributed by atoms with Crippen LogP contribution in [0.25, 0.3) is 0 Å². The van der Waals surface area contributed by atoms with E-state index < -0.39 is 6.10 Å². The summed E-state index contributed by atoms with van der Waals surface area (Å²) in [6, 6.07) is 8.89. The number of hydrogen-bond donors (Lipinski definition) is 1. The summed E-state index contributed by atoms with van der Waals surface area (Å²) in [6.45, 7) is 5.80. The van der Waals surface area contributed by atoms with Gasteiger partial charge in [0.15, 0.2) is 6.10 Å². The number of anilines is 1. The van der Waals surface area contributed by atoms with Crippen LogP contribution >= 0.6 is 34.8 Å². The summed E-state index contributed by atoms with van der Waals surface area (Å²) < 4.78 is 5.89. The van der Waals surface area contributed by atoms with E-state index in [-0.39, 0.29) is 5.91 Å². The fraction of sp³-hybridized carbons (Fsp3) is 0.278. The molecule has 0 spiro atoms. The van der Waals surface area contributed by atoms with E-state index in [1.165, 1.54) is 12.1 Å². The molecule has 128 valence electrons. The van der Waals surface area contributed by atoms with Gasteiger partial charge < -0.3 is 10.1 Å². The summed E-state index contributed by atoms with van der Waals surface area (Å²) in [5, 5.41) is 3.71. The number of aryl methyl sites for hydroxylation is 2. The molecule has 0 bridgehead atoms. The van der Waals surface area contributed by atoms with Gasteiger partial charge >= 0.3 is 0 Å². The van der Waals surface area contributed by atoms with Gasteiger partial charge in [-0.3, -0.25) is 4.79 Å². The summed E-state index contributed by atoms with van der Waals surface area (Å²) in [6.07, 6.45) is -0.131. The number of carbonyl (C=O) groups excluding carboxylic acids is 1. The lowest BCUT2D eigenvalue weighted by Crippen LogP contribution is -2.32. The van der Waals surface area contributed by atoms with E-state index in [4.69, 9.17) is 39.5 Å². The van der Waals surface area contributed by atoms with Crippen LogP contribution in [-0.2, 0) is 4.79 Å². The van der Waals surface area contributed by atoms with Crippen LogP contribution in [-0.4, -0.2) is 12.0 Å². The predicted molar refractivity (Wildman–Crippen MR) is 101 cm³/mol. The molecule has 6 heteroatoms. The average Bonchev–Trinajstić information content (AvgIpc) is 2.53. The molecule has 0 saturated heterocycles. The lowest BCUT2D eigenvalue weighted by molar-refractivity contribution is -0.122. The second kappa shape index (κ2) is 8.11. The molecule has 1 atom stereocenters. The van der Waals surface area contributed by atoms with Crippen molar-refractivity contribution in [3.05, 3.63) is 56.5 Å². The predicted octanol–water partition coefficient (Wildman–Crippen LogP) is 6.06. The highest BCUT2D eigenvalue weighted by Gasteiger charge is 2.21. The number of halogens is 3. The van der Waals surface area contributed by atoms with Crippen molar-refractivity contribution in [1.82, 2.24) is 0 Å².